The molecule has 0 aliphatic carbocycles. The number of carbonyl (C=O) groups is 2. The molecule has 1 heterocycles. The first-order valence-corrected chi connectivity index (χ1v) is 12.0. The summed E-state index contributed by atoms with van der Waals surface area (Å²) in [5.41, 5.74) is 1.84. The van der Waals surface area contributed by atoms with Gasteiger partial charge in [-0.15, -0.1) is 0 Å². The van der Waals surface area contributed by atoms with E-state index in [4.69, 9.17) is 4.74 Å². The van der Waals surface area contributed by atoms with Crippen molar-refractivity contribution in [2.45, 2.75) is 43.9 Å². The number of amides is 1. The predicted molar refractivity (Wildman–Crippen MR) is 118 cm³/mol. The average molecular weight is 463 g/mol. The summed E-state index contributed by atoms with van der Waals surface area (Å²) in [6, 6.07) is 10.4. The highest BCUT2D eigenvalue weighted by molar-refractivity contribution is 7.89. The van der Waals surface area contributed by atoms with Gasteiger partial charge in [-0.1, -0.05) is 24.6 Å². The van der Waals surface area contributed by atoms with E-state index in [-0.39, 0.29) is 17.1 Å². The van der Waals surface area contributed by atoms with Crippen molar-refractivity contribution in [3.8, 4) is 0 Å². The van der Waals surface area contributed by atoms with Crippen LogP contribution in [0.15, 0.2) is 47.4 Å². The lowest BCUT2D eigenvalue weighted by atomic mass is 10.1. The zero-order valence-corrected chi connectivity index (χ0v) is 18.8. The lowest BCUT2D eigenvalue weighted by Crippen LogP contribution is -2.35. The second-order valence-corrected chi connectivity index (χ2v) is 9.71. The molecule has 32 heavy (non-hydrogen) atoms. The largest absolute Gasteiger partial charge is 0.456 e. The highest BCUT2D eigenvalue weighted by Crippen LogP contribution is 2.25. The van der Waals surface area contributed by atoms with E-state index in [0.717, 1.165) is 24.8 Å². The van der Waals surface area contributed by atoms with Crippen molar-refractivity contribution < 1.29 is 27.1 Å². The quantitative estimate of drug-likeness (QED) is 0.607. The van der Waals surface area contributed by atoms with Gasteiger partial charge in [0.1, 0.15) is 5.82 Å². The Hall–Kier alpha value is -2.78. The molecular weight excluding hydrogens is 435 g/mol. The molecule has 0 atom stereocenters. The number of benzene rings is 2. The number of hydrogen-bond donors (Lipinski definition) is 1. The maximum atomic E-state index is 12.9. The summed E-state index contributed by atoms with van der Waals surface area (Å²) in [5, 5.41) is 2.62. The van der Waals surface area contributed by atoms with Crippen LogP contribution in [-0.2, 0) is 30.8 Å². The summed E-state index contributed by atoms with van der Waals surface area (Å²) in [5.74, 6) is -1.46. The average Bonchev–Trinajstić information content (AvgIpc) is 2.79. The SMILES string of the molecule is Cc1ccc(S(=O)(=O)N2CCCCC2)cc1NC(=O)COC(=O)CCc1ccc(F)cc1. The van der Waals surface area contributed by atoms with E-state index in [2.05, 4.69) is 5.32 Å². The van der Waals surface area contributed by atoms with Crippen LogP contribution < -0.4 is 5.32 Å². The first kappa shape index (κ1) is 23.9. The highest BCUT2D eigenvalue weighted by Gasteiger charge is 2.26. The molecule has 9 heteroatoms. The molecule has 0 radical (unpaired) electrons. The van der Waals surface area contributed by atoms with Gasteiger partial charge in [-0.05, 0) is 61.6 Å². The number of nitrogens with one attached hydrogen (secondary N) is 1. The Morgan fingerprint density at radius 1 is 1.06 bits per heavy atom. The van der Waals surface area contributed by atoms with E-state index in [1.807, 2.05) is 0 Å². The van der Waals surface area contributed by atoms with Gasteiger partial charge < -0.3 is 10.1 Å². The van der Waals surface area contributed by atoms with Crippen molar-refractivity contribution in [3.63, 3.8) is 0 Å². The first-order valence-electron chi connectivity index (χ1n) is 10.6. The van der Waals surface area contributed by atoms with Gasteiger partial charge in [0, 0.05) is 25.2 Å². The van der Waals surface area contributed by atoms with E-state index in [9.17, 15) is 22.4 Å². The molecule has 1 N–H and O–H groups in total. The van der Waals surface area contributed by atoms with Gasteiger partial charge in [0.15, 0.2) is 6.61 Å². The summed E-state index contributed by atoms with van der Waals surface area (Å²) < 4.78 is 45.2. The minimum absolute atomic E-state index is 0.0570. The molecule has 0 unspecified atom stereocenters. The number of esters is 1. The third kappa shape index (κ3) is 6.37. The normalized spacial score (nSPS) is 14.7. The van der Waals surface area contributed by atoms with E-state index in [1.54, 1.807) is 25.1 Å². The molecule has 2 aromatic carbocycles. The van der Waals surface area contributed by atoms with Crippen LogP contribution in [0.1, 0.15) is 36.8 Å². The van der Waals surface area contributed by atoms with Crippen molar-refractivity contribution in [3.05, 3.63) is 59.4 Å². The zero-order valence-electron chi connectivity index (χ0n) is 18.0. The third-order valence-electron chi connectivity index (χ3n) is 5.33. The van der Waals surface area contributed by atoms with Crippen LogP contribution in [0, 0.1) is 12.7 Å². The molecule has 1 amide bonds. The molecule has 2 aromatic rings. The lowest BCUT2D eigenvalue weighted by Gasteiger charge is -2.26. The van der Waals surface area contributed by atoms with Gasteiger partial charge in [0.25, 0.3) is 5.91 Å². The second-order valence-electron chi connectivity index (χ2n) is 7.78. The van der Waals surface area contributed by atoms with E-state index in [0.29, 0.717) is 30.8 Å². The lowest BCUT2D eigenvalue weighted by molar-refractivity contribution is -0.147. The van der Waals surface area contributed by atoms with Crippen LogP contribution in [0.2, 0.25) is 0 Å². The Kier molecular flexibility index (Phi) is 7.98. The number of carbonyl (C=O) groups excluding carboxylic acids is 2. The Morgan fingerprint density at radius 2 is 1.75 bits per heavy atom. The van der Waals surface area contributed by atoms with Gasteiger partial charge in [0.05, 0.1) is 4.90 Å². The number of halogens is 1. The van der Waals surface area contributed by atoms with Gasteiger partial charge in [0.2, 0.25) is 10.0 Å². The van der Waals surface area contributed by atoms with Crippen LogP contribution in [0.5, 0.6) is 0 Å². The number of nitrogens with zero attached hydrogens (tertiary/aromatic N) is 1. The molecule has 0 saturated carbocycles. The van der Waals surface area contributed by atoms with Crippen molar-refractivity contribution in [2.75, 3.05) is 25.0 Å². The Morgan fingerprint density at radius 3 is 2.44 bits per heavy atom. The van der Waals surface area contributed by atoms with Crippen molar-refractivity contribution >= 4 is 27.6 Å². The van der Waals surface area contributed by atoms with Crippen molar-refractivity contribution in [1.29, 1.82) is 0 Å². The molecule has 0 spiro atoms. The van der Waals surface area contributed by atoms with Gasteiger partial charge >= 0.3 is 5.97 Å². The smallest absolute Gasteiger partial charge is 0.306 e. The molecule has 1 aliphatic rings. The topological polar surface area (TPSA) is 92.8 Å². The molecular formula is C23H27FN2O5S. The van der Waals surface area contributed by atoms with Crippen LogP contribution >= 0.6 is 0 Å². The fourth-order valence-electron chi connectivity index (χ4n) is 3.45. The fraction of sp³-hybridized carbons (Fsp3) is 0.391. The summed E-state index contributed by atoms with van der Waals surface area (Å²) in [6.45, 7) is 2.25. The summed E-state index contributed by atoms with van der Waals surface area (Å²) in [7, 11) is -3.63. The zero-order chi connectivity index (χ0) is 23.1. The number of ether oxygens (including phenoxy) is 1. The number of aryl methyl sites for hydroxylation is 2. The Labute approximate surface area is 187 Å². The van der Waals surface area contributed by atoms with Crippen LogP contribution in [-0.4, -0.2) is 44.3 Å². The summed E-state index contributed by atoms with van der Waals surface area (Å²) in [6.07, 6.45) is 3.12. The van der Waals surface area contributed by atoms with E-state index >= 15 is 0 Å². The van der Waals surface area contributed by atoms with Crippen molar-refractivity contribution in [1.82, 2.24) is 4.31 Å². The Bertz CT molecular complexity index is 1060. The van der Waals surface area contributed by atoms with Crippen LogP contribution in [0.25, 0.3) is 0 Å². The molecule has 1 saturated heterocycles. The highest BCUT2D eigenvalue weighted by atomic mass is 32.2. The molecule has 3 rings (SSSR count). The standard InChI is InChI=1S/C23H27FN2O5S/c1-17-5-11-20(32(29,30)26-13-3-2-4-14-26)15-21(17)25-22(27)16-31-23(28)12-8-18-6-9-19(24)10-7-18/h5-7,9-11,15H,2-4,8,12-14,16H2,1H3,(H,25,27). The second kappa shape index (κ2) is 10.7. The summed E-state index contributed by atoms with van der Waals surface area (Å²) >= 11 is 0. The van der Waals surface area contributed by atoms with Gasteiger partial charge in [-0.25, -0.2) is 12.8 Å². The molecule has 0 bridgehead atoms. The first-order chi connectivity index (χ1) is 15.3. The molecule has 172 valence electrons. The monoisotopic (exact) mass is 462 g/mol. The van der Waals surface area contributed by atoms with Crippen molar-refractivity contribution in [2.24, 2.45) is 0 Å². The fourth-order valence-corrected chi connectivity index (χ4v) is 5.00. The maximum Gasteiger partial charge on any atom is 0.306 e. The van der Waals surface area contributed by atoms with Gasteiger partial charge in [-0.3, -0.25) is 9.59 Å². The number of anilines is 1. The molecule has 1 aliphatic heterocycles. The molecule has 1 fully saturated rings. The number of hydrogen-bond acceptors (Lipinski definition) is 5. The third-order valence-corrected chi connectivity index (χ3v) is 7.23. The van der Waals surface area contributed by atoms with E-state index < -0.39 is 28.5 Å². The number of sulfonamides is 1. The molecule has 0 aromatic heterocycles. The van der Waals surface area contributed by atoms with E-state index in [1.165, 1.54) is 28.6 Å². The minimum atomic E-state index is -3.63. The minimum Gasteiger partial charge on any atom is -0.456 e. The Balaban J connectivity index is 1.54. The number of rotatable bonds is 8. The molecule has 7 nitrogen and oxygen atoms in total. The maximum absolute atomic E-state index is 12.9. The predicted octanol–water partition coefficient (Wildman–Crippen LogP) is 3.42. The van der Waals surface area contributed by atoms with Gasteiger partial charge in [-0.2, -0.15) is 4.31 Å². The summed E-state index contributed by atoms with van der Waals surface area (Å²) in [4.78, 5) is 24.3. The number of piperidine rings is 1. The van der Waals surface area contributed by atoms with Crippen LogP contribution in [0.4, 0.5) is 10.1 Å². The van der Waals surface area contributed by atoms with Crippen LogP contribution in [0.3, 0.4) is 0 Å².